The summed E-state index contributed by atoms with van der Waals surface area (Å²) in [6.45, 7) is 8.30. The molecule has 2 atom stereocenters. The molecule has 1 aliphatic carbocycles. The summed E-state index contributed by atoms with van der Waals surface area (Å²) in [5.41, 5.74) is 0.265. The lowest BCUT2D eigenvalue weighted by Crippen LogP contribution is -2.46. The van der Waals surface area contributed by atoms with Crippen molar-refractivity contribution in [1.82, 2.24) is 10.2 Å². The number of rotatable bonds is 4. The van der Waals surface area contributed by atoms with E-state index in [9.17, 15) is 0 Å². The van der Waals surface area contributed by atoms with Gasteiger partial charge in [0.25, 0.3) is 0 Å². The van der Waals surface area contributed by atoms with Crippen molar-refractivity contribution >= 4 is 0 Å². The van der Waals surface area contributed by atoms with Gasteiger partial charge in [0, 0.05) is 19.2 Å². The minimum Gasteiger partial charge on any atom is -0.375 e. The van der Waals surface area contributed by atoms with E-state index in [1.165, 1.54) is 71.1 Å². The van der Waals surface area contributed by atoms with Crippen LogP contribution < -0.4 is 5.32 Å². The zero-order valence-electron chi connectivity index (χ0n) is 12.5. The fourth-order valence-corrected chi connectivity index (χ4v) is 4.27. The minimum atomic E-state index is 0.265. The second kappa shape index (κ2) is 6.11. The van der Waals surface area contributed by atoms with Gasteiger partial charge in [-0.1, -0.05) is 19.8 Å². The van der Waals surface area contributed by atoms with Crippen LogP contribution in [0.5, 0.6) is 0 Å². The lowest BCUT2D eigenvalue weighted by Gasteiger charge is -2.39. The van der Waals surface area contributed by atoms with Crippen LogP contribution >= 0.6 is 0 Å². The summed E-state index contributed by atoms with van der Waals surface area (Å²) in [6, 6.07) is 0.711. The van der Waals surface area contributed by atoms with Crippen molar-refractivity contribution in [3.8, 4) is 0 Å². The second-order valence-corrected chi connectivity index (χ2v) is 6.88. The minimum absolute atomic E-state index is 0.265. The highest BCUT2D eigenvalue weighted by Gasteiger charge is 2.39. The summed E-state index contributed by atoms with van der Waals surface area (Å²) >= 11 is 0. The van der Waals surface area contributed by atoms with Crippen LogP contribution in [0, 0.1) is 5.92 Å². The lowest BCUT2D eigenvalue weighted by atomic mass is 9.88. The molecule has 0 radical (unpaired) electrons. The van der Waals surface area contributed by atoms with Crippen molar-refractivity contribution in [2.45, 2.75) is 63.5 Å². The van der Waals surface area contributed by atoms with E-state index < -0.39 is 0 Å². The van der Waals surface area contributed by atoms with Crippen LogP contribution in [-0.4, -0.2) is 49.3 Å². The van der Waals surface area contributed by atoms with Gasteiger partial charge in [0.05, 0.1) is 5.60 Å². The summed E-state index contributed by atoms with van der Waals surface area (Å²) < 4.78 is 6.11. The van der Waals surface area contributed by atoms with E-state index in [0.29, 0.717) is 6.04 Å². The Morgan fingerprint density at radius 1 is 1.26 bits per heavy atom. The van der Waals surface area contributed by atoms with E-state index in [1.807, 2.05) is 0 Å². The van der Waals surface area contributed by atoms with Gasteiger partial charge in [-0.25, -0.2) is 0 Å². The van der Waals surface area contributed by atoms with Crippen LogP contribution in [0.1, 0.15) is 51.9 Å². The van der Waals surface area contributed by atoms with Crippen LogP contribution in [0.15, 0.2) is 0 Å². The van der Waals surface area contributed by atoms with Gasteiger partial charge in [0.15, 0.2) is 0 Å². The third kappa shape index (κ3) is 3.32. The van der Waals surface area contributed by atoms with Crippen molar-refractivity contribution in [3.63, 3.8) is 0 Å². The van der Waals surface area contributed by atoms with Crippen molar-refractivity contribution in [2.75, 3.05) is 32.8 Å². The molecule has 2 heterocycles. The highest BCUT2D eigenvalue weighted by molar-refractivity contribution is 4.93. The first-order chi connectivity index (χ1) is 9.30. The smallest absolute Gasteiger partial charge is 0.0697 e. The fraction of sp³-hybridized carbons (Fsp3) is 1.00. The van der Waals surface area contributed by atoms with E-state index >= 15 is 0 Å². The van der Waals surface area contributed by atoms with E-state index in [0.717, 1.165) is 12.5 Å². The summed E-state index contributed by atoms with van der Waals surface area (Å²) in [7, 11) is 0. The maximum atomic E-state index is 6.11. The molecule has 3 heteroatoms. The molecular weight excluding hydrogens is 236 g/mol. The predicted octanol–water partition coefficient (Wildman–Crippen LogP) is 2.41. The summed E-state index contributed by atoms with van der Waals surface area (Å²) in [6.07, 6.45) is 9.22. The Labute approximate surface area is 118 Å². The van der Waals surface area contributed by atoms with Gasteiger partial charge < -0.3 is 15.0 Å². The third-order valence-corrected chi connectivity index (χ3v) is 5.52. The first-order valence-corrected chi connectivity index (χ1v) is 8.39. The molecule has 3 aliphatic rings. The molecule has 1 saturated carbocycles. The summed E-state index contributed by atoms with van der Waals surface area (Å²) in [5.74, 6) is 0.877. The van der Waals surface area contributed by atoms with Gasteiger partial charge in [-0.05, 0) is 57.7 Å². The van der Waals surface area contributed by atoms with Crippen molar-refractivity contribution in [1.29, 1.82) is 0 Å². The molecule has 0 aromatic rings. The van der Waals surface area contributed by atoms with Crippen molar-refractivity contribution in [2.24, 2.45) is 5.92 Å². The van der Waals surface area contributed by atoms with Crippen LogP contribution in [0.3, 0.4) is 0 Å². The molecule has 1 N–H and O–H groups in total. The van der Waals surface area contributed by atoms with Gasteiger partial charge in [0.1, 0.15) is 0 Å². The highest BCUT2D eigenvalue weighted by Crippen LogP contribution is 2.40. The number of hydrogen-bond donors (Lipinski definition) is 1. The van der Waals surface area contributed by atoms with Crippen LogP contribution in [-0.2, 0) is 4.74 Å². The standard InChI is InChI=1S/C16H30N2O/c1-2-18-9-5-14(13-18)12-17-15-6-10-19-16(11-15)7-3-4-8-16/h14-15,17H,2-13H2,1H3. The molecule has 2 unspecified atom stereocenters. The predicted molar refractivity (Wildman–Crippen MR) is 78.4 cm³/mol. The Kier molecular flexibility index (Phi) is 4.45. The van der Waals surface area contributed by atoms with Gasteiger partial charge >= 0.3 is 0 Å². The van der Waals surface area contributed by atoms with E-state index in [4.69, 9.17) is 4.74 Å². The van der Waals surface area contributed by atoms with Crippen molar-refractivity contribution in [3.05, 3.63) is 0 Å². The summed E-state index contributed by atoms with van der Waals surface area (Å²) in [5, 5.41) is 3.85. The molecule has 2 aliphatic heterocycles. The fourth-order valence-electron chi connectivity index (χ4n) is 4.27. The Balaban J connectivity index is 1.43. The third-order valence-electron chi connectivity index (χ3n) is 5.52. The van der Waals surface area contributed by atoms with E-state index in [1.54, 1.807) is 0 Å². The maximum absolute atomic E-state index is 6.11. The quantitative estimate of drug-likeness (QED) is 0.846. The average molecular weight is 266 g/mol. The van der Waals surface area contributed by atoms with Crippen LogP contribution in [0.2, 0.25) is 0 Å². The van der Waals surface area contributed by atoms with E-state index in [2.05, 4.69) is 17.1 Å². The number of nitrogens with one attached hydrogen (secondary N) is 1. The highest BCUT2D eigenvalue weighted by atomic mass is 16.5. The topological polar surface area (TPSA) is 24.5 Å². The molecule has 0 aromatic heterocycles. The first-order valence-electron chi connectivity index (χ1n) is 8.39. The zero-order chi connectivity index (χ0) is 13.1. The molecular formula is C16H30N2O. The molecule has 110 valence electrons. The van der Waals surface area contributed by atoms with Gasteiger partial charge in [-0.15, -0.1) is 0 Å². The largest absolute Gasteiger partial charge is 0.375 e. The van der Waals surface area contributed by atoms with Crippen LogP contribution in [0.4, 0.5) is 0 Å². The number of nitrogens with zero attached hydrogens (tertiary/aromatic N) is 1. The Morgan fingerprint density at radius 2 is 2.11 bits per heavy atom. The number of ether oxygens (including phenoxy) is 1. The van der Waals surface area contributed by atoms with Gasteiger partial charge in [-0.2, -0.15) is 0 Å². The molecule has 3 nitrogen and oxygen atoms in total. The number of hydrogen-bond acceptors (Lipinski definition) is 3. The molecule has 1 spiro atoms. The molecule has 0 amide bonds. The first kappa shape index (κ1) is 13.8. The molecule has 0 bridgehead atoms. The lowest BCUT2D eigenvalue weighted by molar-refractivity contribution is -0.0838. The molecule has 19 heavy (non-hydrogen) atoms. The molecule has 3 fully saturated rings. The van der Waals surface area contributed by atoms with Crippen molar-refractivity contribution < 1.29 is 4.74 Å². The number of likely N-dealkylation sites (tertiary alicyclic amines) is 1. The molecule has 0 aromatic carbocycles. The zero-order valence-corrected chi connectivity index (χ0v) is 12.5. The maximum Gasteiger partial charge on any atom is 0.0697 e. The Hall–Kier alpha value is -0.120. The molecule has 2 saturated heterocycles. The normalized spacial score (nSPS) is 35.2. The SMILES string of the molecule is CCN1CCC(CNC2CCOC3(CCCC3)C2)C1. The Morgan fingerprint density at radius 3 is 2.84 bits per heavy atom. The second-order valence-electron chi connectivity index (χ2n) is 6.88. The summed E-state index contributed by atoms with van der Waals surface area (Å²) in [4.78, 5) is 2.58. The van der Waals surface area contributed by atoms with Crippen LogP contribution in [0.25, 0.3) is 0 Å². The Bertz CT molecular complexity index is 288. The molecule has 3 rings (SSSR count). The van der Waals surface area contributed by atoms with Gasteiger partial charge in [-0.3, -0.25) is 0 Å². The average Bonchev–Trinajstić information content (AvgIpc) is 3.06. The monoisotopic (exact) mass is 266 g/mol. The van der Waals surface area contributed by atoms with Gasteiger partial charge in [0.2, 0.25) is 0 Å². The van der Waals surface area contributed by atoms with E-state index in [-0.39, 0.29) is 5.60 Å².